The van der Waals surface area contributed by atoms with Gasteiger partial charge in [-0.25, -0.2) is 0 Å². The van der Waals surface area contributed by atoms with Crippen LogP contribution in [0.4, 0.5) is 0 Å². The van der Waals surface area contributed by atoms with Crippen LogP contribution in [0.3, 0.4) is 0 Å². The number of carboxylic acid groups (broad SMARTS) is 1. The summed E-state index contributed by atoms with van der Waals surface area (Å²) >= 11 is 0. The Bertz CT molecular complexity index is 227. The molecule has 0 aromatic heterocycles. The van der Waals surface area contributed by atoms with Crippen LogP contribution < -0.4 is 0 Å². The van der Waals surface area contributed by atoms with Crippen LogP contribution >= 0.6 is 0 Å². The number of nitrogens with zero attached hydrogens (tertiary/aromatic N) is 2. The van der Waals surface area contributed by atoms with Crippen LogP contribution in [0.15, 0.2) is 0 Å². The van der Waals surface area contributed by atoms with E-state index in [1.807, 2.05) is 0 Å². The highest BCUT2D eigenvalue weighted by Gasteiger charge is 2.16. The number of rotatable bonds is 8. The lowest BCUT2D eigenvalue weighted by molar-refractivity contribution is -0.137. The smallest absolute Gasteiger partial charge is 0.304 e. The first kappa shape index (κ1) is 14.5. The number of aliphatic carboxylic acids is 1. The number of likely N-dealkylation sites (tertiary alicyclic amines) is 1. The summed E-state index contributed by atoms with van der Waals surface area (Å²) in [7, 11) is 0. The van der Waals surface area contributed by atoms with Crippen LogP contribution in [0.2, 0.25) is 0 Å². The Kier molecular flexibility index (Phi) is 6.52. The van der Waals surface area contributed by atoms with Crippen LogP contribution in [0, 0.1) is 0 Å². The molecule has 4 heteroatoms. The summed E-state index contributed by atoms with van der Waals surface area (Å²) in [4.78, 5) is 15.4. The Morgan fingerprint density at radius 3 is 2.53 bits per heavy atom. The highest BCUT2D eigenvalue weighted by molar-refractivity contribution is 5.66. The summed E-state index contributed by atoms with van der Waals surface area (Å²) in [5, 5.41) is 8.76. The van der Waals surface area contributed by atoms with Crippen molar-refractivity contribution in [1.29, 1.82) is 0 Å². The van der Waals surface area contributed by atoms with E-state index in [2.05, 4.69) is 23.6 Å². The van der Waals surface area contributed by atoms with Gasteiger partial charge in [-0.1, -0.05) is 6.92 Å². The fourth-order valence-electron chi connectivity index (χ4n) is 2.33. The molecule has 1 unspecified atom stereocenters. The molecule has 17 heavy (non-hydrogen) atoms. The lowest BCUT2D eigenvalue weighted by atomic mass is 10.2. The van der Waals surface area contributed by atoms with Crippen molar-refractivity contribution in [3.63, 3.8) is 0 Å². The maximum absolute atomic E-state index is 10.6. The minimum atomic E-state index is -0.695. The van der Waals surface area contributed by atoms with Gasteiger partial charge < -0.3 is 10.0 Å². The van der Waals surface area contributed by atoms with E-state index in [0.717, 1.165) is 19.5 Å². The average Bonchev–Trinajstić information content (AvgIpc) is 2.81. The minimum Gasteiger partial charge on any atom is -0.481 e. The van der Waals surface area contributed by atoms with Crippen LogP contribution in [-0.2, 0) is 4.79 Å². The first-order chi connectivity index (χ1) is 8.13. The summed E-state index contributed by atoms with van der Waals surface area (Å²) in [5.74, 6) is -0.695. The van der Waals surface area contributed by atoms with Crippen molar-refractivity contribution in [2.24, 2.45) is 0 Å². The summed E-state index contributed by atoms with van der Waals surface area (Å²) in [6.07, 6.45) is 3.97. The molecule has 100 valence electrons. The number of hydrogen-bond acceptors (Lipinski definition) is 3. The standard InChI is InChI=1S/C13H26N2O2/c1-3-12(2)15(9-6-13(16)17)11-10-14-7-4-5-8-14/h12H,3-11H2,1-2H3,(H,16,17). The SMILES string of the molecule is CCC(C)N(CCC(=O)O)CCN1CCCC1. The second kappa shape index (κ2) is 7.67. The van der Waals surface area contributed by atoms with E-state index in [4.69, 9.17) is 5.11 Å². The van der Waals surface area contributed by atoms with Gasteiger partial charge in [-0.05, 0) is 39.3 Å². The first-order valence-electron chi connectivity index (χ1n) is 6.81. The fraction of sp³-hybridized carbons (Fsp3) is 0.923. The molecule has 1 atom stereocenters. The lowest BCUT2D eigenvalue weighted by Crippen LogP contribution is -2.40. The molecule has 1 aliphatic rings. The highest BCUT2D eigenvalue weighted by Crippen LogP contribution is 2.09. The second-order valence-electron chi connectivity index (χ2n) is 4.99. The van der Waals surface area contributed by atoms with Crippen LogP contribution in [0.5, 0.6) is 0 Å². The molecule has 1 rings (SSSR count). The van der Waals surface area contributed by atoms with Gasteiger partial charge in [0.05, 0.1) is 6.42 Å². The predicted molar refractivity (Wildman–Crippen MR) is 69.3 cm³/mol. The van der Waals surface area contributed by atoms with E-state index in [0.29, 0.717) is 12.6 Å². The zero-order valence-corrected chi connectivity index (χ0v) is 11.2. The van der Waals surface area contributed by atoms with Crippen LogP contribution in [0.25, 0.3) is 0 Å². The van der Waals surface area contributed by atoms with E-state index in [1.54, 1.807) is 0 Å². The molecule has 1 heterocycles. The zero-order valence-electron chi connectivity index (χ0n) is 11.2. The zero-order chi connectivity index (χ0) is 12.7. The number of hydrogen-bond donors (Lipinski definition) is 1. The summed E-state index contributed by atoms with van der Waals surface area (Å²) < 4.78 is 0. The molecule has 0 aromatic carbocycles. The third-order valence-corrected chi connectivity index (χ3v) is 3.73. The summed E-state index contributed by atoms with van der Waals surface area (Å²) in [6, 6.07) is 0.483. The summed E-state index contributed by atoms with van der Waals surface area (Å²) in [6.45, 7) is 9.55. The van der Waals surface area contributed by atoms with E-state index < -0.39 is 5.97 Å². The predicted octanol–water partition coefficient (Wildman–Crippen LogP) is 1.66. The Morgan fingerprint density at radius 1 is 1.35 bits per heavy atom. The van der Waals surface area contributed by atoms with Crippen molar-refractivity contribution in [3.8, 4) is 0 Å². The number of carbonyl (C=O) groups is 1. The second-order valence-corrected chi connectivity index (χ2v) is 4.99. The summed E-state index contributed by atoms with van der Waals surface area (Å²) in [5.41, 5.74) is 0. The molecule has 4 nitrogen and oxygen atoms in total. The molecule has 0 saturated carbocycles. The molecule has 0 bridgehead atoms. The van der Waals surface area contributed by atoms with Crippen molar-refractivity contribution in [2.75, 3.05) is 32.7 Å². The fourth-order valence-corrected chi connectivity index (χ4v) is 2.33. The third-order valence-electron chi connectivity index (χ3n) is 3.73. The normalized spacial score (nSPS) is 18.8. The monoisotopic (exact) mass is 242 g/mol. The van der Waals surface area contributed by atoms with Gasteiger partial charge in [-0.3, -0.25) is 9.69 Å². The van der Waals surface area contributed by atoms with E-state index in [-0.39, 0.29) is 6.42 Å². The molecule has 1 saturated heterocycles. The number of carboxylic acids is 1. The topological polar surface area (TPSA) is 43.8 Å². The molecule has 0 aromatic rings. The largest absolute Gasteiger partial charge is 0.481 e. The van der Waals surface area contributed by atoms with E-state index in [1.165, 1.54) is 25.9 Å². The molecule has 1 N–H and O–H groups in total. The maximum atomic E-state index is 10.6. The Hall–Kier alpha value is -0.610. The molecular weight excluding hydrogens is 216 g/mol. The van der Waals surface area contributed by atoms with Crippen LogP contribution in [0.1, 0.15) is 39.5 Å². The van der Waals surface area contributed by atoms with E-state index >= 15 is 0 Å². The lowest BCUT2D eigenvalue weighted by Gasteiger charge is -2.29. The van der Waals surface area contributed by atoms with Crippen molar-refractivity contribution in [3.05, 3.63) is 0 Å². The molecule has 0 radical (unpaired) electrons. The van der Waals surface area contributed by atoms with Crippen molar-refractivity contribution < 1.29 is 9.90 Å². The van der Waals surface area contributed by atoms with Crippen molar-refractivity contribution in [1.82, 2.24) is 9.80 Å². The van der Waals surface area contributed by atoms with Gasteiger partial charge in [-0.15, -0.1) is 0 Å². The third kappa shape index (κ3) is 5.50. The van der Waals surface area contributed by atoms with Gasteiger partial charge in [0, 0.05) is 25.7 Å². The Balaban J connectivity index is 2.30. The van der Waals surface area contributed by atoms with Gasteiger partial charge in [0.15, 0.2) is 0 Å². The molecular formula is C13H26N2O2. The van der Waals surface area contributed by atoms with Gasteiger partial charge in [0.1, 0.15) is 0 Å². The Morgan fingerprint density at radius 2 is 2.00 bits per heavy atom. The molecule has 1 aliphatic heterocycles. The molecule has 0 spiro atoms. The minimum absolute atomic E-state index is 0.254. The van der Waals surface area contributed by atoms with Crippen molar-refractivity contribution >= 4 is 5.97 Å². The van der Waals surface area contributed by atoms with E-state index in [9.17, 15) is 4.79 Å². The average molecular weight is 242 g/mol. The highest BCUT2D eigenvalue weighted by atomic mass is 16.4. The quantitative estimate of drug-likeness (QED) is 0.703. The van der Waals surface area contributed by atoms with Crippen LogP contribution in [-0.4, -0.2) is 59.6 Å². The van der Waals surface area contributed by atoms with Gasteiger partial charge >= 0.3 is 5.97 Å². The maximum Gasteiger partial charge on any atom is 0.304 e. The van der Waals surface area contributed by atoms with Gasteiger partial charge in [-0.2, -0.15) is 0 Å². The molecule has 0 amide bonds. The first-order valence-corrected chi connectivity index (χ1v) is 6.81. The Labute approximate surface area is 105 Å². The van der Waals surface area contributed by atoms with Crippen molar-refractivity contribution in [2.45, 2.75) is 45.6 Å². The molecule has 0 aliphatic carbocycles. The van der Waals surface area contributed by atoms with Gasteiger partial charge in [0.2, 0.25) is 0 Å². The molecule has 1 fully saturated rings. The van der Waals surface area contributed by atoms with Gasteiger partial charge in [0.25, 0.3) is 0 Å².